The number of carbonyl (C=O) groups excluding carboxylic acids is 1. The van der Waals surface area contributed by atoms with E-state index in [1.54, 1.807) is 31.3 Å². The first-order valence-corrected chi connectivity index (χ1v) is 11.1. The van der Waals surface area contributed by atoms with Gasteiger partial charge in [-0.25, -0.2) is 15.0 Å². The average Bonchev–Trinajstić information content (AvgIpc) is 3.41. The number of benzene rings is 1. The normalized spacial score (nSPS) is 19.1. The predicted octanol–water partition coefficient (Wildman–Crippen LogP) is 3.90. The van der Waals surface area contributed by atoms with E-state index in [4.69, 9.17) is 9.47 Å². The van der Waals surface area contributed by atoms with E-state index in [9.17, 15) is 23.1 Å². The number of carbonyl (C=O) groups is 1. The molecule has 1 fully saturated rings. The Hall–Kier alpha value is -3.09. The van der Waals surface area contributed by atoms with E-state index in [1.165, 1.54) is 11.3 Å². The molecule has 0 spiro atoms. The molecule has 1 amide bonds. The maximum absolute atomic E-state index is 13.2. The summed E-state index contributed by atoms with van der Waals surface area (Å²) < 4.78 is 49.2. The third kappa shape index (κ3) is 5.51. The highest BCUT2D eigenvalue weighted by molar-refractivity contribution is 7.14. The van der Waals surface area contributed by atoms with Gasteiger partial charge in [-0.2, -0.15) is 13.2 Å². The SMILES string of the molecule is Cc1cnc(-c2ccc(O[C@H]3CO[C@H](O)C3)c(C(=O)NC(C)c3cnc(C(F)(F)F)nc3)c2)s1. The Balaban J connectivity index is 1.58. The number of alkyl halides is 3. The van der Waals surface area contributed by atoms with Crippen LogP contribution in [-0.2, 0) is 10.9 Å². The van der Waals surface area contributed by atoms with Gasteiger partial charge in [-0.05, 0) is 32.0 Å². The number of hydrogen-bond donors (Lipinski definition) is 2. The minimum Gasteiger partial charge on any atom is -0.487 e. The minimum atomic E-state index is -4.65. The fraction of sp³-hybridized carbons (Fsp3) is 0.364. The number of aliphatic hydroxyl groups excluding tert-OH is 1. The van der Waals surface area contributed by atoms with Crippen molar-refractivity contribution in [3.8, 4) is 16.3 Å². The molecule has 0 bridgehead atoms. The van der Waals surface area contributed by atoms with E-state index < -0.39 is 36.3 Å². The van der Waals surface area contributed by atoms with Gasteiger partial charge in [0.15, 0.2) is 6.29 Å². The van der Waals surface area contributed by atoms with Gasteiger partial charge in [0, 0.05) is 41.0 Å². The Kier molecular flexibility index (Phi) is 6.82. The summed E-state index contributed by atoms with van der Waals surface area (Å²) in [5.74, 6) is -1.47. The van der Waals surface area contributed by atoms with E-state index in [0.29, 0.717) is 11.1 Å². The first-order chi connectivity index (χ1) is 16.1. The number of aryl methyl sites for hydroxylation is 1. The van der Waals surface area contributed by atoms with Gasteiger partial charge in [-0.15, -0.1) is 11.3 Å². The van der Waals surface area contributed by atoms with Gasteiger partial charge in [0.1, 0.15) is 16.9 Å². The van der Waals surface area contributed by atoms with Crippen LogP contribution in [0.3, 0.4) is 0 Å². The lowest BCUT2D eigenvalue weighted by atomic mass is 10.1. The molecule has 2 aromatic heterocycles. The quantitative estimate of drug-likeness (QED) is 0.535. The van der Waals surface area contributed by atoms with Crippen molar-refractivity contribution >= 4 is 17.2 Å². The van der Waals surface area contributed by atoms with Crippen LogP contribution in [0, 0.1) is 6.92 Å². The van der Waals surface area contributed by atoms with E-state index >= 15 is 0 Å². The molecular formula is C22H21F3N4O4S. The molecule has 2 N–H and O–H groups in total. The lowest BCUT2D eigenvalue weighted by molar-refractivity contribution is -0.145. The largest absolute Gasteiger partial charge is 0.487 e. The number of rotatable bonds is 6. The number of ether oxygens (including phenoxy) is 2. The molecule has 3 atom stereocenters. The molecule has 4 rings (SSSR count). The van der Waals surface area contributed by atoms with Crippen molar-refractivity contribution in [2.75, 3.05) is 6.61 Å². The highest BCUT2D eigenvalue weighted by atomic mass is 32.1. The Morgan fingerprint density at radius 2 is 2.00 bits per heavy atom. The Morgan fingerprint density at radius 1 is 1.26 bits per heavy atom. The van der Waals surface area contributed by atoms with Gasteiger partial charge in [0.25, 0.3) is 5.91 Å². The third-order valence-electron chi connectivity index (χ3n) is 5.10. The van der Waals surface area contributed by atoms with Crippen LogP contribution >= 0.6 is 11.3 Å². The molecule has 0 saturated carbocycles. The fourth-order valence-electron chi connectivity index (χ4n) is 3.34. The fourth-order valence-corrected chi connectivity index (χ4v) is 4.10. The van der Waals surface area contributed by atoms with Crippen LogP contribution in [0.5, 0.6) is 5.75 Å². The number of aliphatic hydroxyl groups is 1. The first kappa shape index (κ1) is 24.0. The number of thiazole rings is 1. The zero-order chi connectivity index (χ0) is 24.5. The van der Waals surface area contributed by atoms with E-state index in [1.807, 2.05) is 6.92 Å². The highest BCUT2D eigenvalue weighted by Crippen LogP contribution is 2.32. The molecule has 34 heavy (non-hydrogen) atoms. The van der Waals surface area contributed by atoms with Gasteiger partial charge in [0.2, 0.25) is 5.82 Å². The van der Waals surface area contributed by atoms with Gasteiger partial charge >= 0.3 is 6.18 Å². The van der Waals surface area contributed by atoms with E-state index in [2.05, 4.69) is 20.3 Å². The molecule has 1 aliphatic heterocycles. The van der Waals surface area contributed by atoms with Crippen molar-refractivity contribution in [1.29, 1.82) is 0 Å². The maximum Gasteiger partial charge on any atom is 0.451 e. The number of amides is 1. The summed E-state index contributed by atoms with van der Waals surface area (Å²) in [5.41, 5.74) is 1.23. The molecule has 0 radical (unpaired) electrons. The number of nitrogens with zero attached hydrogens (tertiary/aromatic N) is 3. The van der Waals surface area contributed by atoms with Gasteiger partial charge in [-0.1, -0.05) is 0 Å². The zero-order valence-corrected chi connectivity index (χ0v) is 19.0. The van der Waals surface area contributed by atoms with Crippen LogP contribution in [0.2, 0.25) is 0 Å². The van der Waals surface area contributed by atoms with Crippen molar-refractivity contribution in [3.05, 3.63) is 58.6 Å². The van der Waals surface area contributed by atoms with Crippen molar-refractivity contribution in [3.63, 3.8) is 0 Å². The van der Waals surface area contributed by atoms with Crippen LogP contribution < -0.4 is 10.1 Å². The number of hydrogen-bond acceptors (Lipinski definition) is 8. The Labute approximate surface area is 196 Å². The van der Waals surface area contributed by atoms with Crippen molar-refractivity contribution in [2.24, 2.45) is 0 Å². The molecule has 0 aliphatic carbocycles. The number of halogens is 3. The van der Waals surface area contributed by atoms with Crippen molar-refractivity contribution in [1.82, 2.24) is 20.3 Å². The summed E-state index contributed by atoms with van der Waals surface area (Å²) in [6.07, 6.45) is -1.96. The van der Waals surface area contributed by atoms with E-state index in [0.717, 1.165) is 22.3 Å². The summed E-state index contributed by atoms with van der Waals surface area (Å²) in [4.78, 5) is 25.2. The van der Waals surface area contributed by atoms with Crippen LogP contribution in [0.1, 0.15) is 46.0 Å². The van der Waals surface area contributed by atoms with Gasteiger partial charge < -0.3 is 19.9 Å². The summed E-state index contributed by atoms with van der Waals surface area (Å²) >= 11 is 1.47. The summed E-state index contributed by atoms with van der Waals surface area (Å²) in [6, 6.07) is 4.40. The molecule has 1 aliphatic rings. The molecule has 12 heteroatoms. The molecule has 3 aromatic rings. The summed E-state index contributed by atoms with van der Waals surface area (Å²) in [6.45, 7) is 3.71. The van der Waals surface area contributed by atoms with Crippen LogP contribution in [0.15, 0.2) is 36.8 Å². The standard InChI is InChI=1S/C22H21F3N4O4S/c1-11-7-26-20(34-11)13-3-4-17(33-15-6-18(30)32-10-15)16(5-13)19(31)29-12(2)14-8-27-21(28-9-14)22(23,24)25/h3-5,7-9,12,15,18,30H,6,10H2,1-2H3,(H,29,31)/t12?,15-,18+/m1/s1. The first-order valence-electron chi connectivity index (χ1n) is 10.3. The third-order valence-corrected chi connectivity index (χ3v) is 6.06. The molecule has 3 heterocycles. The predicted molar refractivity (Wildman–Crippen MR) is 116 cm³/mol. The van der Waals surface area contributed by atoms with Gasteiger partial charge in [-0.3, -0.25) is 4.79 Å². The Bertz CT molecular complexity index is 1170. The van der Waals surface area contributed by atoms with Gasteiger partial charge in [0.05, 0.1) is 18.2 Å². The average molecular weight is 494 g/mol. The maximum atomic E-state index is 13.2. The smallest absolute Gasteiger partial charge is 0.451 e. The topological polar surface area (TPSA) is 106 Å². The zero-order valence-electron chi connectivity index (χ0n) is 18.2. The molecule has 8 nitrogen and oxygen atoms in total. The van der Waals surface area contributed by atoms with Crippen molar-refractivity contribution in [2.45, 2.75) is 44.9 Å². The summed E-state index contributed by atoms with van der Waals surface area (Å²) in [7, 11) is 0. The molecular weight excluding hydrogens is 473 g/mol. The minimum absolute atomic E-state index is 0.176. The van der Waals surface area contributed by atoms with Crippen molar-refractivity contribution < 1.29 is 32.5 Å². The van der Waals surface area contributed by atoms with E-state index in [-0.39, 0.29) is 24.3 Å². The van der Waals surface area contributed by atoms with Crippen LogP contribution in [-0.4, -0.2) is 45.0 Å². The lowest BCUT2D eigenvalue weighted by Gasteiger charge is -2.19. The molecule has 180 valence electrons. The Morgan fingerprint density at radius 3 is 2.59 bits per heavy atom. The second-order valence-electron chi connectivity index (χ2n) is 7.78. The molecule has 1 saturated heterocycles. The molecule has 1 aromatic carbocycles. The lowest BCUT2D eigenvalue weighted by Crippen LogP contribution is -2.28. The van der Waals surface area contributed by atoms with Crippen LogP contribution in [0.25, 0.3) is 10.6 Å². The molecule has 1 unspecified atom stereocenters. The monoisotopic (exact) mass is 494 g/mol. The second-order valence-corrected chi connectivity index (χ2v) is 9.02. The second kappa shape index (κ2) is 9.65. The number of aromatic nitrogens is 3. The highest BCUT2D eigenvalue weighted by Gasteiger charge is 2.34. The summed E-state index contributed by atoms with van der Waals surface area (Å²) in [5, 5.41) is 13.1. The van der Waals surface area contributed by atoms with Crippen LogP contribution in [0.4, 0.5) is 13.2 Å². The number of nitrogens with one attached hydrogen (secondary N) is 1.